The lowest BCUT2D eigenvalue weighted by Crippen LogP contribution is -2.52. The largest absolute Gasteiger partial charge is 0.416 e. The molecule has 0 N–H and O–H groups in total. The Morgan fingerprint density at radius 3 is 2.10 bits per heavy atom. The average molecular weight is 456 g/mol. The van der Waals surface area contributed by atoms with Crippen LogP contribution in [0.15, 0.2) is 59.5 Å². The fraction of sp³-hybridized carbons (Fsp3) is 0.381. The normalized spacial score (nSPS) is 16.0. The van der Waals surface area contributed by atoms with Gasteiger partial charge in [0.1, 0.15) is 0 Å². The lowest BCUT2D eigenvalue weighted by atomic mass is 10.2. The number of hydrogen-bond donors (Lipinski definition) is 0. The molecule has 1 saturated heterocycles. The van der Waals surface area contributed by atoms with Crippen molar-refractivity contribution in [3.05, 3.63) is 65.7 Å². The van der Waals surface area contributed by atoms with Gasteiger partial charge in [0, 0.05) is 32.7 Å². The minimum atomic E-state index is -4.53. The molecule has 0 saturated carbocycles. The summed E-state index contributed by atoms with van der Waals surface area (Å²) in [6.07, 6.45) is -4.53. The Kier molecular flexibility index (Phi) is 7.03. The van der Waals surface area contributed by atoms with E-state index in [0.717, 1.165) is 29.8 Å². The van der Waals surface area contributed by atoms with Crippen molar-refractivity contribution in [2.75, 3.05) is 39.8 Å². The molecule has 3 rings (SSSR count). The van der Waals surface area contributed by atoms with Gasteiger partial charge in [-0.3, -0.25) is 9.69 Å². The van der Waals surface area contributed by atoms with Crippen LogP contribution in [-0.4, -0.2) is 68.2 Å². The summed E-state index contributed by atoms with van der Waals surface area (Å²) in [5.74, 6) is -0.0926. The Hall–Kier alpha value is -2.43. The van der Waals surface area contributed by atoms with Gasteiger partial charge < -0.3 is 4.90 Å². The number of carbonyl (C=O) groups excluding carboxylic acids is 1. The number of nitrogens with zero attached hydrogens (tertiary/aromatic N) is 3. The van der Waals surface area contributed by atoms with Gasteiger partial charge >= 0.3 is 6.18 Å². The van der Waals surface area contributed by atoms with Crippen LogP contribution in [0.2, 0.25) is 0 Å². The monoisotopic (exact) mass is 455 g/mol. The van der Waals surface area contributed by atoms with E-state index in [1.54, 1.807) is 4.90 Å². The highest BCUT2D eigenvalue weighted by molar-refractivity contribution is 7.89. The molecule has 1 heterocycles. The molecule has 0 atom stereocenters. The van der Waals surface area contributed by atoms with E-state index in [4.69, 9.17) is 0 Å². The second-order valence-corrected chi connectivity index (χ2v) is 9.40. The molecule has 2 aromatic carbocycles. The number of alkyl halides is 3. The van der Waals surface area contributed by atoms with E-state index >= 15 is 0 Å². The number of rotatable bonds is 6. The van der Waals surface area contributed by atoms with Crippen molar-refractivity contribution in [3.63, 3.8) is 0 Å². The van der Waals surface area contributed by atoms with E-state index in [-0.39, 0.29) is 43.5 Å². The number of halogens is 3. The van der Waals surface area contributed by atoms with Gasteiger partial charge in [-0.15, -0.1) is 0 Å². The maximum absolute atomic E-state index is 12.7. The molecular weight excluding hydrogens is 431 g/mol. The Bertz CT molecular complexity index is 988. The van der Waals surface area contributed by atoms with Crippen LogP contribution < -0.4 is 0 Å². The van der Waals surface area contributed by atoms with Crippen molar-refractivity contribution in [3.8, 4) is 0 Å². The van der Waals surface area contributed by atoms with Crippen LogP contribution in [0.3, 0.4) is 0 Å². The van der Waals surface area contributed by atoms with Gasteiger partial charge in [-0.1, -0.05) is 30.3 Å². The minimum absolute atomic E-state index is 0.0926. The van der Waals surface area contributed by atoms with Crippen LogP contribution in [0.5, 0.6) is 0 Å². The van der Waals surface area contributed by atoms with Crippen molar-refractivity contribution >= 4 is 15.9 Å². The van der Waals surface area contributed by atoms with Crippen LogP contribution in [-0.2, 0) is 27.5 Å². The highest BCUT2D eigenvalue weighted by atomic mass is 32.2. The van der Waals surface area contributed by atoms with E-state index in [1.165, 1.54) is 4.31 Å². The predicted molar refractivity (Wildman–Crippen MR) is 110 cm³/mol. The summed E-state index contributed by atoms with van der Waals surface area (Å²) in [4.78, 5) is 15.9. The fourth-order valence-corrected chi connectivity index (χ4v) is 4.85. The van der Waals surface area contributed by atoms with Crippen molar-refractivity contribution in [1.29, 1.82) is 0 Å². The molecule has 2 aromatic rings. The van der Waals surface area contributed by atoms with Gasteiger partial charge in [0.05, 0.1) is 17.0 Å². The van der Waals surface area contributed by atoms with E-state index in [0.29, 0.717) is 6.54 Å². The number of hydrogen-bond acceptors (Lipinski definition) is 4. The molecule has 1 amide bonds. The second kappa shape index (κ2) is 9.37. The number of likely N-dealkylation sites (N-methyl/N-ethyl adjacent to an activating group) is 1. The summed E-state index contributed by atoms with van der Waals surface area (Å²) in [6.45, 7) is 1.49. The third kappa shape index (κ3) is 5.84. The zero-order valence-corrected chi connectivity index (χ0v) is 17.9. The Morgan fingerprint density at radius 2 is 1.55 bits per heavy atom. The van der Waals surface area contributed by atoms with E-state index in [2.05, 4.69) is 0 Å². The summed E-state index contributed by atoms with van der Waals surface area (Å²) >= 11 is 0. The van der Waals surface area contributed by atoms with Crippen LogP contribution >= 0.6 is 0 Å². The predicted octanol–water partition coefficient (Wildman–Crippen LogP) is 2.67. The van der Waals surface area contributed by atoms with Gasteiger partial charge in [0.25, 0.3) is 0 Å². The lowest BCUT2D eigenvalue weighted by molar-refractivity contribution is -0.137. The molecule has 0 unspecified atom stereocenters. The Balaban J connectivity index is 1.55. The third-order valence-electron chi connectivity index (χ3n) is 5.11. The topological polar surface area (TPSA) is 60.9 Å². The molecule has 6 nitrogen and oxygen atoms in total. The first-order valence-electron chi connectivity index (χ1n) is 9.75. The zero-order valence-electron chi connectivity index (χ0n) is 17.0. The van der Waals surface area contributed by atoms with Crippen LogP contribution in [0.1, 0.15) is 11.1 Å². The summed E-state index contributed by atoms with van der Waals surface area (Å²) in [5, 5.41) is 0. The SMILES string of the molecule is CN(CC(=O)N1CCN(S(=O)(=O)c2ccc(C(F)(F)F)cc2)CC1)Cc1ccccc1. The summed E-state index contributed by atoms with van der Waals surface area (Å²) in [5.41, 5.74) is 0.187. The molecule has 31 heavy (non-hydrogen) atoms. The Labute approximate surface area is 179 Å². The first-order chi connectivity index (χ1) is 14.6. The lowest BCUT2D eigenvalue weighted by Gasteiger charge is -2.34. The van der Waals surface area contributed by atoms with Crippen LogP contribution in [0.4, 0.5) is 13.2 Å². The highest BCUT2D eigenvalue weighted by Crippen LogP contribution is 2.30. The highest BCUT2D eigenvalue weighted by Gasteiger charge is 2.33. The van der Waals surface area contributed by atoms with Crippen molar-refractivity contribution in [2.45, 2.75) is 17.6 Å². The average Bonchev–Trinajstić information content (AvgIpc) is 2.74. The molecule has 0 bridgehead atoms. The Morgan fingerprint density at radius 1 is 0.968 bits per heavy atom. The van der Waals surface area contributed by atoms with Crippen molar-refractivity contribution in [2.24, 2.45) is 0 Å². The van der Waals surface area contributed by atoms with Crippen molar-refractivity contribution in [1.82, 2.24) is 14.1 Å². The van der Waals surface area contributed by atoms with Crippen LogP contribution in [0, 0.1) is 0 Å². The smallest absolute Gasteiger partial charge is 0.339 e. The van der Waals surface area contributed by atoms with Crippen LogP contribution in [0.25, 0.3) is 0 Å². The number of sulfonamides is 1. The summed E-state index contributed by atoms with van der Waals surface area (Å²) < 4.78 is 64.8. The first-order valence-corrected chi connectivity index (χ1v) is 11.2. The molecule has 1 aliphatic heterocycles. The number of benzene rings is 2. The van der Waals surface area contributed by atoms with E-state index in [9.17, 15) is 26.4 Å². The molecule has 168 valence electrons. The third-order valence-corrected chi connectivity index (χ3v) is 7.02. The molecule has 0 aromatic heterocycles. The van der Waals surface area contributed by atoms with Gasteiger partial charge in [-0.2, -0.15) is 17.5 Å². The fourth-order valence-electron chi connectivity index (χ4n) is 3.42. The molecule has 1 fully saturated rings. The van der Waals surface area contributed by atoms with Crippen molar-refractivity contribution < 1.29 is 26.4 Å². The standard InChI is InChI=1S/C21H24F3N3O3S/c1-25(15-17-5-3-2-4-6-17)16-20(28)26-11-13-27(14-12-26)31(29,30)19-9-7-18(8-10-19)21(22,23)24/h2-10H,11-16H2,1H3. The summed E-state index contributed by atoms with van der Waals surface area (Å²) in [7, 11) is -2.08. The second-order valence-electron chi connectivity index (χ2n) is 7.46. The van der Waals surface area contributed by atoms with Gasteiger partial charge in [0.2, 0.25) is 15.9 Å². The number of amides is 1. The number of carbonyl (C=O) groups is 1. The summed E-state index contributed by atoms with van der Waals surface area (Å²) in [6, 6.07) is 13.2. The molecular formula is C21H24F3N3O3S. The van der Waals surface area contributed by atoms with Gasteiger partial charge in [0.15, 0.2) is 0 Å². The zero-order chi connectivity index (χ0) is 22.6. The van der Waals surface area contributed by atoms with E-state index in [1.807, 2.05) is 42.3 Å². The molecule has 0 aliphatic carbocycles. The molecule has 10 heteroatoms. The molecule has 0 radical (unpaired) electrons. The maximum Gasteiger partial charge on any atom is 0.416 e. The van der Waals surface area contributed by atoms with Gasteiger partial charge in [-0.25, -0.2) is 8.42 Å². The van der Waals surface area contributed by atoms with E-state index < -0.39 is 21.8 Å². The minimum Gasteiger partial charge on any atom is -0.339 e. The quantitative estimate of drug-likeness (QED) is 0.672. The number of piperazine rings is 1. The molecule has 0 spiro atoms. The first kappa shape index (κ1) is 23.2. The molecule has 1 aliphatic rings. The van der Waals surface area contributed by atoms with Gasteiger partial charge in [-0.05, 0) is 36.9 Å². The maximum atomic E-state index is 12.7.